The van der Waals surface area contributed by atoms with E-state index in [2.05, 4.69) is 5.32 Å². The second-order valence-corrected chi connectivity index (χ2v) is 4.04. The van der Waals surface area contributed by atoms with Crippen molar-refractivity contribution in [3.8, 4) is 0 Å². The van der Waals surface area contributed by atoms with Gasteiger partial charge in [-0.25, -0.2) is 4.79 Å². The van der Waals surface area contributed by atoms with Crippen molar-refractivity contribution in [2.75, 3.05) is 19.6 Å². The molecule has 0 aromatic rings. The average molecular weight is 224 g/mol. The van der Waals surface area contributed by atoms with Gasteiger partial charge in [-0.05, 0) is 11.8 Å². The quantitative estimate of drug-likeness (QED) is 0.727. The molecule has 3 atom stereocenters. The van der Waals surface area contributed by atoms with Crippen LogP contribution in [0.5, 0.6) is 0 Å². The van der Waals surface area contributed by atoms with E-state index < -0.39 is 18.8 Å². The number of carboxylic acid groups (broad SMARTS) is 1. The normalized spacial score (nSPS) is 34.1. The van der Waals surface area contributed by atoms with Crippen molar-refractivity contribution < 1.29 is 23.1 Å². The molecule has 4 nitrogen and oxygen atoms in total. The molecule has 1 amide bonds. The van der Waals surface area contributed by atoms with Gasteiger partial charge in [0.15, 0.2) is 0 Å². The number of alkyl halides is 3. The summed E-state index contributed by atoms with van der Waals surface area (Å²) in [5, 5.41) is 11.0. The molecule has 15 heavy (non-hydrogen) atoms. The minimum atomic E-state index is -4.19. The Morgan fingerprint density at radius 1 is 1.40 bits per heavy atom. The second kappa shape index (κ2) is 3.26. The molecular formula is C8H11F3N2O2. The predicted octanol–water partition coefficient (Wildman–Crippen LogP) is 0.746. The zero-order chi connectivity index (χ0) is 11.2. The molecule has 1 heterocycles. The van der Waals surface area contributed by atoms with E-state index in [1.54, 1.807) is 0 Å². The van der Waals surface area contributed by atoms with Crippen LogP contribution in [0.1, 0.15) is 0 Å². The lowest BCUT2D eigenvalue weighted by atomic mass is 10.4. The maximum Gasteiger partial charge on any atom is 0.407 e. The Bertz CT molecular complexity index is 270. The van der Waals surface area contributed by atoms with Gasteiger partial charge in [0.2, 0.25) is 0 Å². The monoisotopic (exact) mass is 224 g/mol. The number of piperidine rings is 1. The van der Waals surface area contributed by atoms with Gasteiger partial charge in [0.1, 0.15) is 0 Å². The second-order valence-electron chi connectivity index (χ2n) is 4.04. The van der Waals surface area contributed by atoms with Crippen molar-refractivity contribution in [1.29, 1.82) is 0 Å². The van der Waals surface area contributed by atoms with Gasteiger partial charge in [0.25, 0.3) is 0 Å². The van der Waals surface area contributed by atoms with Crippen molar-refractivity contribution >= 4 is 6.09 Å². The number of rotatable bonds is 2. The number of nitrogens with one attached hydrogen (secondary N) is 1. The SMILES string of the molecule is O=C(O)N1C[C@@H]2[C@H](C1)[C@H]2NCC(F)(F)F. The van der Waals surface area contributed by atoms with Crippen LogP contribution >= 0.6 is 0 Å². The molecule has 2 aliphatic rings. The molecule has 1 saturated carbocycles. The van der Waals surface area contributed by atoms with Crippen LogP contribution in [-0.4, -0.2) is 48.0 Å². The van der Waals surface area contributed by atoms with E-state index in [1.165, 1.54) is 4.90 Å². The van der Waals surface area contributed by atoms with Gasteiger partial charge in [-0.1, -0.05) is 0 Å². The van der Waals surface area contributed by atoms with Crippen LogP contribution < -0.4 is 5.32 Å². The molecule has 2 rings (SSSR count). The van der Waals surface area contributed by atoms with Gasteiger partial charge in [-0.3, -0.25) is 0 Å². The molecule has 0 aromatic carbocycles. The zero-order valence-corrected chi connectivity index (χ0v) is 7.79. The minimum Gasteiger partial charge on any atom is -0.465 e. The summed E-state index contributed by atoms with van der Waals surface area (Å²) >= 11 is 0. The summed E-state index contributed by atoms with van der Waals surface area (Å²) in [6, 6.07) is -0.151. The number of nitrogens with zero attached hydrogens (tertiary/aromatic N) is 1. The summed E-state index contributed by atoms with van der Waals surface area (Å²) in [7, 11) is 0. The maximum atomic E-state index is 11.9. The summed E-state index contributed by atoms with van der Waals surface area (Å²) in [5.74, 6) is 0.145. The third-order valence-electron chi connectivity index (χ3n) is 3.00. The molecular weight excluding hydrogens is 213 g/mol. The van der Waals surface area contributed by atoms with E-state index in [0.29, 0.717) is 13.1 Å². The Kier molecular flexibility index (Phi) is 2.29. The highest BCUT2D eigenvalue weighted by Crippen LogP contribution is 2.45. The third-order valence-corrected chi connectivity index (χ3v) is 3.00. The van der Waals surface area contributed by atoms with Crippen molar-refractivity contribution in [2.45, 2.75) is 12.2 Å². The summed E-state index contributed by atoms with van der Waals surface area (Å²) in [4.78, 5) is 11.8. The molecule has 86 valence electrons. The van der Waals surface area contributed by atoms with Crippen molar-refractivity contribution in [3.63, 3.8) is 0 Å². The first-order valence-electron chi connectivity index (χ1n) is 4.66. The van der Waals surface area contributed by atoms with E-state index in [0.717, 1.165) is 0 Å². The smallest absolute Gasteiger partial charge is 0.407 e. The van der Waals surface area contributed by atoms with Crippen molar-refractivity contribution in [2.24, 2.45) is 11.8 Å². The van der Waals surface area contributed by atoms with Crippen LogP contribution in [0.3, 0.4) is 0 Å². The lowest BCUT2D eigenvalue weighted by Gasteiger charge is -2.16. The number of halogens is 3. The molecule has 0 aromatic heterocycles. The van der Waals surface area contributed by atoms with E-state index in [-0.39, 0.29) is 17.9 Å². The van der Waals surface area contributed by atoms with Crippen LogP contribution in [0.4, 0.5) is 18.0 Å². The molecule has 1 aliphatic carbocycles. The lowest BCUT2D eigenvalue weighted by Crippen LogP contribution is -2.37. The van der Waals surface area contributed by atoms with Crippen LogP contribution in [0.25, 0.3) is 0 Å². The Hall–Kier alpha value is -0.980. The summed E-state index contributed by atoms with van der Waals surface area (Å²) < 4.78 is 35.6. The number of fused-ring (bicyclic) bond motifs is 1. The van der Waals surface area contributed by atoms with E-state index in [9.17, 15) is 18.0 Å². The lowest BCUT2D eigenvalue weighted by molar-refractivity contribution is -0.125. The summed E-state index contributed by atoms with van der Waals surface area (Å²) in [6.45, 7) is -0.275. The maximum absolute atomic E-state index is 11.9. The number of hydrogen-bond acceptors (Lipinski definition) is 2. The van der Waals surface area contributed by atoms with Crippen molar-refractivity contribution in [3.05, 3.63) is 0 Å². The number of hydrogen-bond donors (Lipinski definition) is 2. The number of carbonyl (C=O) groups is 1. The van der Waals surface area contributed by atoms with Gasteiger partial charge in [-0.15, -0.1) is 0 Å². The Labute approximate surface area is 84.0 Å². The van der Waals surface area contributed by atoms with Gasteiger partial charge >= 0.3 is 12.3 Å². The van der Waals surface area contributed by atoms with Gasteiger partial charge in [0, 0.05) is 19.1 Å². The fourth-order valence-electron chi connectivity index (χ4n) is 2.22. The highest BCUT2D eigenvalue weighted by molar-refractivity contribution is 5.65. The number of likely N-dealkylation sites (tertiary alicyclic amines) is 1. The van der Waals surface area contributed by atoms with Gasteiger partial charge < -0.3 is 15.3 Å². The van der Waals surface area contributed by atoms with Gasteiger partial charge in [0.05, 0.1) is 6.54 Å². The molecule has 2 fully saturated rings. The average Bonchev–Trinajstić information content (AvgIpc) is 2.55. The topological polar surface area (TPSA) is 52.6 Å². The molecule has 1 saturated heterocycles. The Morgan fingerprint density at radius 2 is 1.93 bits per heavy atom. The summed E-state index contributed by atoms with van der Waals surface area (Å²) in [5.41, 5.74) is 0. The highest BCUT2D eigenvalue weighted by atomic mass is 19.4. The van der Waals surface area contributed by atoms with Crippen LogP contribution in [0.2, 0.25) is 0 Å². The first-order valence-corrected chi connectivity index (χ1v) is 4.66. The molecule has 7 heteroatoms. The first-order chi connectivity index (χ1) is 6.88. The molecule has 0 radical (unpaired) electrons. The van der Waals surface area contributed by atoms with E-state index >= 15 is 0 Å². The van der Waals surface area contributed by atoms with Crippen LogP contribution in [0.15, 0.2) is 0 Å². The Morgan fingerprint density at radius 3 is 2.33 bits per heavy atom. The van der Waals surface area contributed by atoms with E-state index in [4.69, 9.17) is 5.11 Å². The summed E-state index contributed by atoms with van der Waals surface area (Å²) in [6.07, 6.45) is -5.18. The van der Waals surface area contributed by atoms with Crippen LogP contribution in [-0.2, 0) is 0 Å². The van der Waals surface area contributed by atoms with E-state index in [1.807, 2.05) is 0 Å². The fourth-order valence-corrected chi connectivity index (χ4v) is 2.22. The molecule has 2 N–H and O–H groups in total. The third kappa shape index (κ3) is 2.17. The minimum absolute atomic E-state index is 0.0726. The predicted molar refractivity (Wildman–Crippen MR) is 44.4 cm³/mol. The van der Waals surface area contributed by atoms with Crippen LogP contribution in [0, 0.1) is 11.8 Å². The number of amides is 1. The molecule has 1 aliphatic heterocycles. The standard InChI is InChI=1S/C8H11F3N2O2/c9-8(10,11)3-12-6-4-1-13(7(14)15)2-5(4)6/h4-6,12H,1-3H2,(H,14,15)/t4-,5+,6+. The largest absolute Gasteiger partial charge is 0.465 e. The Balaban J connectivity index is 1.73. The fraction of sp³-hybridized carbons (Fsp3) is 0.875. The van der Waals surface area contributed by atoms with Gasteiger partial charge in [-0.2, -0.15) is 13.2 Å². The highest BCUT2D eigenvalue weighted by Gasteiger charge is 2.57. The zero-order valence-electron chi connectivity index (χ0n) is 7.79. The molecule has 0 spiro atoms. The first kappa shape index (κ1) is 10.5. The molecule has 0 bridgehead atoms. The van der Waals surface area contributed by atoms with Crippen molar-refractivity contribution in [1.82, 2.24) is 10.2 Å². The molecule has 0 unspecified atom stereocenters.